The summed E-state index contributed by atoms with van der Waals surface area (Å²) in [5.41, 5.74) is 1.67. The molecule has 0 N–H and O–H groups in total. The van der Waals surface area contributed by atoms with Crippen LogP contribution in [0.2, 0.25) is 0 Å². The Morgan fingerprint density at radius 1 is 0.893 bits per heavy atom. The standard InChI is InChI=1S/C21H20BrN3O3/c1-28-16-9-7-15(8-10-16)25-20(26)17-18(13-3-5-14(22)6-4-13)23-11-2-12-24(23)19(17)21(25)27/h3-10,17-19H,2,11-12H2,1H3/t17-,18-,19-/m0/s1. The molecule has 6 nitrogen and oxygen atoms in total. The highest BCUT2D eigenvalue weighted by Gasteiger charge is 2.62. The number of carbonyl (C=O) groups excluding carboxylic acids is 2. The molecule has 3 aliphatic rings. The Labute approximate surface area is 171 Å². The maximum absolute atomic E-state index is 13.4. The quantitative estimate of drug-likeness (QED) is 0.685. The summed E-state index contributed by atoms with van der Waals surface area (Å²) in [6.07, 6.45) is 1.00. The molecule has 0 radical (unpaired) electrons. The summed E-state index contributed by atoms with van der Waals surface area (Å²) in [5.74, 6) is 0.0479. The smallest absolute Gasteiger partial charge is 0.253 e. The number of hydrogen-bond acceptors (Lipinski definition) is 5. The minimum atomic E-state index is -0.425. The summed E-state index contributed by atoms with van der Waals surface area (Å²) in [6.45, 7) is 1.68. The average Bonchev–Trinajstić information content (AvgIpc) is 3.35. The van der Waals surface area contributed by atoms with E-state index in [4.69, 9.17) is 4.74 Å². The van der Waals surface area contributed by atoms with Crippen molar-refractivity contribution in [2.45, 2.75) is 18.5 Å². The van der Waals surface area contributed by atoms with E-state index in [1.54, 1.807) is 31.4 Å². The van der Waals surface area contributed by atoms with Gasteiger partial charge in [-0.1, -0.05) is 28.1 Å². The van der Waals surface area contributed by atoms with E-state index in [-0.39, 0.29) is 17.9 Å². The van der Waals surface area contributed by atoms with Crippen LogP contribution in [0.25, 0.3) is 0 Å². The van der Waals surface area contributed by atoms with Crippen LogP contribution in [-0.4, -0.2) is 48.1 Å². The van der Waals surface area contributed by atoms with Crippen molar-refractivity contribution in [2.75, 3.05) is 25.1 Å². The molecule has 3 aliphatic heterocycles. The molecule has 5 rings (SSSR count). The Balaban J connectivity index is 1.55. The molecule has 0 bridgehead atoms. The minimum Gasteiger partial charge on any atom is -0.497 e. The first-order chi connectivity index (χ1) is 13.6. The van der Waals surface area contributed by atoms with Crippen molar-refractivity contribution < 1.29 is 14.3 Å². The molecule has 3 atom stereocenters. The topological polar surface area (TPSA) is 53.1 Å². The molecule has 0 aromatic heterocycles. The summed E-state index contributed by atoms with van der Waals surface area (Å²) in [7, 11) is 1.59. The molecule has 0 aliphatic carbocycles. The van der Waals surface area contributed by atoms with Gasteiger partial charge in [-0.05, 0) is 48.4 Å². The Hall–Kier alpha value is -2.22. The number of benzene rings is 2. The number of hydrogen-bond donors (Lipinski definition) is 0. The average molecular weight is 442 g/mol. The number of methoxy groups -OCH3 is 1. The first kappa shape index (κ1) is 17.8. The van der Waals surface area contributed by atoms with Crippen molar-refractivity contribution in [3.8, 4) is 5.75 Å². The first-order valence-corrected chi connectivity index (χ1v) is 10.2. The van der Waals surface area contributed by atoms with Crippen LogP contribution in [0.3, 0.4) is 0 Å². The highest BCUT2D eigenvalue weighted by molar-refractivity contribution is 9.10. The van der Waals surface area contributed by atoms with Crippen molar-refractivity contribution >= 4 is 33.4 Å². The van der Waals surface area contributed by atoms with E-state index in [9.17, 15) is 9.59 Å². The molecule has 3 fully saturated rings. The van der Waals surface area contributed by atoms with Crippen molar-refractivity contribution in [2.24, 2.45) is 5.92 Å². The van der Waals surface area contributed by atoms with E-state index in [2.05, 4.69) is 25.9 Å². The Morgan fingerprint density at radius 3 is 2.18 bits per heavy atom. The van der Waals surface area contributed by atoms with Crippen LogP contribution in [-0.2, 0) is 9.59 Å². The number of imide groups is 1. The molecule has 0 unspecified atom stereocenters. The lowest BCUT2D eigenvalue weighted by molar-refractivity contribution is -0.126. The van der Waals surface area contributed by atoms with Crippen LogP contribution in [0, 0.1) is 5.92 Å². The van der Waals surface area contributed by atoms with Gasteiger partial charge in [-0.15, -0.1) is 0 Å². The zero-order valence-electron chi connectivity index (χ0n) is 15.4. The zero-order valence-corrected chi connectivity index (χ0v) is 17.0. The van der Waals surface area contributed by atoms with Crippen molar-refractivity contribution in [3.63, 3.8) is 0 Å². The minimum absolute atomic E-state index is 0.111. The third-order valence-corrected chi connectivity index (χ3v) is 6.48. The van der Waals surface area contributed by atoms with Crippen LogP contribution >= 0.6 is 15.9 Å². The summed E-state index contributed by atoms with van der Waals surface area (Å²) in [6, 6.07) is 14.6. The number of hydrazine groups is 1. The third-order valence-electron chi connectivity index (χ3n) is 5.95. The molecular formula is C21H20BrN3O3. The number of fused-ring (bicyclic) bond motifs is 3. The van der Waals surface area contributed by atoms with Gasteiger partial charge >= 0.3 is 0 Å². The van der Waals surface area contributed by atoms with E-state index < -0.39 is 12.0 Å². The number of rotatable bonds is 3. The summed E-state index contributed by atoms with van der Waals surface area (Å²) < 4.78 is 6.19. The molecule has 2 aromatic rings. The number of carbonyl (C=O) groups is 2. The molecule has 144 valence electrons. The SMILES string of the molecule is COc1ccc(N2C(=O)[C@@H]3[C@@H](C2=O)N2CCCN2[C@H]3c2ccc(Br)cc2)cc1. The maximum atomic E-state index is 13.4. The van der Waals surface area contributed by atoms with Crippen LogP contribution in [0.1, 0.15) is 18.0 Å². The molecule has 2 amide bonds. The molecular weight excluding hydrogens is 422 g/mol. The van der Waals surface area contributed by atoms with E-state index in [1.165, 1.54) is 4.90 Å². The van der Waals surface area contributed by atoms with Gasteiger partial charge in [0.2, 0.25) is 5.91 Å². The second-order valence-corrected chi connectivity index (χ2v) is 8.27. The number of amides is 2. The zero-order chi connectivity index (χ0) is 19.4. The summed E-state index contributed by atoms with van der Waals surface area (Å²) in [5, 5.41) is 4.33. The van der Waals surface area contributed by atoms with E-state index in [0.29, 0.717) is 11.4 Å². The number of anilines is 1. The lowest BCUT2D eigenvalue weighted by atomic mass is 9.90. The first-order valence-electron chi connectivity index (χ1n) is 9.40. The van der Waals surface area contributed by atoms with Gasteiger partial charge in [-0.25, -0.2) is 14.9 Å². The highest BCUT2D eigenvalue weighted by atomic mass is 79.9. The Kier molecular flexibility index (Phi) is 4.26. The van der Waals surface area contributed by atoms with Gasteiger partial charge in [0.15, 0.2) is 0 Å². The van der Waals surface area contributed by atoms with Gasteiger partial charge in [-0.3, -0.25) is 9.59 Å². The summed E-state index contributed by atoms with van der Waals surface area (Å²) in [4.78, 5) is 28.1. The van der Waals surface area contributed by atoms with Gasteiger partial charge in [0.1, 0.15) is 11.8 Å². The van der Waals surface area contributed by atoms with Crippen LogP contribution in [0.4, 0.5) is 5.69 Å². The van der Waals surface area contributed by atoms with Crippen LogP contribution in [0.5, 0.6) is 5.75 Å². The monoisotopic (exact) mass is 441 g/mol. The number of ether oxygens (including phenoxy) is 1. The highest BCUT2D eigenvalue weighted by Crippen LogP contribution is 2.49. The predicted octanol–water partition coefficient (Wildman–Crippen LogP) is 2.99. The molecule has 0 saturated carbocycles. The van der Waals surface area contributed by atoms with Gasteiger partial charge in [0.05, 0.1) is 24.8 Å². The molecule has 2 aromatic carbocycles. The Bertz CT molecular complexity index is 931. The van der Waals surface area contributed by atoms with Crippen molar-refractivity contribution in [3.05, 3.63) is 58.6 Å². The molecule has 7 heteroatoms. The molecule has 3 saturated heterocycles. The molecule has 28 heavy (non-hydrogen) atoms. The lowest BCUT2D eigenvalue weighted by Crippen LogP contribution is -2.44. The van der Waals surface area contributed by atoms with Crippen molar-refractivity contribution in [1.29, 1.82) is 0 Å². The van der Waals surface area contributed by atoms with Gasteiger partial charge < -0.3 is 4.74 Å². The second kappa shape index (κ2) is 6.69. The Morgan fingerprint density at radius 2 is 1.54 bits per heavy atom. The van der Waals surface area contributed by atoms with E-state index in [0.717, 1.165) is 29.5 Å². The molecule has 3 heterocycles. The fraction of sp³-hybridized carbons (Fsp3) is 0.333. The van der Waals surface area contributed by atoms with E-state index >= 15 is 0 Å². The largest absolute Gasteiger partial charge is 0.497 e. The van der Waals surface area contributed by atoms with Gasteiger partial charge in [0, 0.05) is 17.6 Å². The third kappa shape index (κ3) is 2.53. The lowest BCUT2D eigenvalue weighted by Gasteiger charge is -2.29. The van der Waals surface area contributed by atoms with Crippen LogP contribution in [0.15, 0.2) is 53.0 Å². The van der Waals surface area contributed by atoms with Gasteiger partial charge in [-0.2, -0.15) is 0 Å². The maximum Gasteiger partial charge on any atom is 0.253 e. The summed E-state index contributed by atoms with van der Waals surface area (Å²) >= 11 is 3.48. The molecule has 0 spiro atoms. The fourth-order valence-electron chi connectivity index (χ4n) is 4.76. The fourth-order valence-corrected chi connectivity index (χ4v) is 5.02. The number of halogens is 1. The van der Waals surface area contributed by atoms with Crippen molar-refractivity contribution in [1.82, 2.24) is 10.0 Å². The van der Waals surface area contributed by atoms with Crippen LogP contribution < -0.4 is 9.64 Å². The normalized spacial score (nSPS) is 27.4. The predicted molar refractivity (Wildman–Crippen MR) is 108 cm³/mol. The van der Waals surface area contributed by atoms with E-state index in [1.807, 2.05) is 24.3 Å². The second-order valence-electron chi connectivity index (χ2n) is 7.36. The number of nitrogens with zero attached hydrogens (tertiary/aromatic N) is 3. The van der Waals surface area contributed by atoms with Gasteiger partial charge in [0.25, 0.3) is 5.91 Å².